The summed E-state index contributed by atoms with van der Waals surface area (Å²) in [6.07, 6.45) is 2.25. The number of nitriles is 1. The van der Waals surface area contributed by atoms with Gasteiger partial charge in [0.2, 0.25) is 0 Å². The second-order valence-corrected chi connectivity index (χ2v) is 3.38. The van der Waals surface area contributed by atoms with Crippen molar-refractivity contribution in [3.8, 4) is 6.07 Å². The molecule has 0 aromatic rings. The van der Waals surface area contributed by atoms with Crippen LogP contribution < -0.4 is 0 Å². The van der Waals surface area contributed by atoms with Crippen LogP contribution in [0.25, 0.3) is 0 Å². The summed E-state index contributed by atoms with van der Waals surface area (Å²) in [6, 6.07) is 1.88. The molecule has 0 amide bonds. The molecule has 4 nitrogen and oxygen atoms in total. The van der Waals surface area contributed by atoms with Gasteiger partial charge in [0.05, 0.1) is 18.2 Å². The Morgan fingerprint density at radius 2 is 2.31 bits per heavy atom. The van der Waals surface area contributed by atoms with Gasteiger partial charge in [-0.15, -0.1) is 0 Å². The van der Waals surface area contributed by atoms with E-state index in [0.717, 1.165) is 5.57 Å². The largest absolute Gasteiger partial charge is 0.457 e. The second kappa shape index (κ2) is 7.66. The summed E-state index contributed by atoms with van der Waals surface area (Å²) in [4.78, 5) is 10.8. The lowest BCUT2D eigenvalue weighted by Gasteiger charge is -2.15. The molecule has 0 aliphatic rings. The molecule has 0 saturated heterocycles. The van der Waals surface area contributed by atoms with Crippen molar-refractivity contribution < 1.29 is 14.6 Å². The van der Waals surface area contributed by atoms with Gasteiger partial charge in [-0.25, -0.2) is 0 Å². The fourth-order valence-corrected chi connectivity index (χ4v) is 1.21. The van der Waals surface area contributed by atoms with Crippen molar-refractivity contribution in [2.75, 3.05) is 6.61 Å². The van der Waals surface area contributed by atoms with Crippen molar-refractivity contribution >= 4 is 5.97 Å². The fourth-order valence-electron chi connectivity index (χ4n) is 1.21. The van der Waals surface area contributed by atoms with E-state index in [4.69, 9.17) is 15.1 Å². The molecular weight excluding hydrogens is 206 g/mol. The van der Waals surface area contributed by atoms with Crippen LogP contribution in [-0.2, 0) is 9.53 Å². The van der Waals surface area contributed by atoms with Gasteiger partial charge in [0, 0.05) is 6.92 Å². The van der Waals surface area contributed by atoms with E-state index in [-0.39, 0.29) is 12.2 Å². The molecule has 88 valence electrons. The average Bonchev–Trinajstić information content (AvgIpc) is 2.27. The summed E-state index contributed by atoms with van der Waals surface area (Å²) in [5, 5.41) is 17.6. The fraction of sp³-hybridized carbons (Fsp3) is 0.500. The highest BCUT2D eigenvalue weighted by Crippen LogP contribution is 2.15. The zero-order valence-corrected chi connectivity index (χ0v) is 9.69. The first kappa shape index (κ1) is 14.4. The minimum atomic E-state index is -0.594. The maximum absolute atomic E-state index is 10.8. The predicted octanol–water partition coefficient (Wildman–Crippen LogP) is 1.72. The molecule has 0 rings (SSSR count). The molecule has 0 radical (unpaired) electrons. The Morgan fingerprint density at radius 1 is 1.69 bits per heavy atom. The third kappa shape index (κ3) is 5.32. The van der Waals surface area contributed by atoms with Crippen LogP contribution in [0, 0.1) is 11.3 Å². The van der Waals surface area contributed by atoms with Gasteiger partial charge in [-0.05, 0) is 25.3 Å². The summed E-state index contributed by atoms with van der Waals surface area (Å²) in [5.74, 6) is -0.438. The first-order valence-electron chi connectivity index (χ1n) is 5.06. The van der Waals surface area contributed by atoms with Crippen LogP contribution >= 0.6 is 0 Å². The number of hydrogen-bond donors (Lipinski definition) is 1. The number of nitrogens with zero attached hydrogens (tertiary/aromatic N) is 1. The van der Waals surface area contributed by atoms with E-state index in [2.05, 4.69) is 6.58 Å². The number of carbonyl (C=O) groups is 1. The van der Waals surface area contributed by atoms with Gasteiger partial charge in [0.1, 0.15) is 6.10 Å². The van der Waals surface area contributed by atoms with E-state index in [1.54, 1.807) is 6.08 Å². The number of aliphatic hydroxyl groups excluding tert-OH is 1. The number of ether oxygens (including phenoxy) is 1. The normalized spacial score (nSPS) is 12.8. The van der Waals surface area contributed by atoms with Gasteiger partial charge in [-0.1, -0.05) is 12.7 Å². The average molecular weight is 223 g/mol. The van der Waals surface area contributed by atoms with Gasteiger partial charge in [0.25, 0.3) is 0 Å². The standard InChI is InChI=1S/C12H17NO3/c1-4-11(8-14)5-6-12(9(2)7-13)16-10(3)15/h4,12,14H,2,5-6,8H2,1,3H3/b11-4-. The van der Waals surface area contributed by atoms with Crippen LogP contribution in [0.2, 0.25) is 0 Å². The summed E-state index contributed by atoms with van der Waals surface area (Å²) in [5.41, 5.74) is 1.08. The van der Waals surface area contributed by atoms with Crippen LogP contribution in [-0.4, -0.2) is 23.8 Å². The quantitative estimate of drug-likeness (QED) is 0.423. The van der Waals surface area contributed by atoms with Gasteiger partial charge in [-0.2, -0.15) is 5.26 Å². The zero-order valence-electron chi connectivity index (χ0n) is 9.69. The van der Waals surface area contributed by atoms with Gasteiger partial charge < -0.3 is 9.84 Å². The van der Waals surface area contributed by atoms with Crippen molar-refractivity contribution in [3.63, 3.8) is 0 Å². The lowest BCUT2D eigenvalue weighted by molar-refractivity contribution is -0.144. The van der Waals surface area contributed by atoms with E-state index in [1.807, 2.05) is 13.0 Å². The molecule has 0 aromatic carbocycles. The molecule has 16 heavy (non-hydrogen) atoms. The van der Waals surface area contributed by atoms with Crippen molar-refractivity contribution in [1.29, 1.82) is 5.26 Å². The number of rotatable bonds is 6. The molecule has 0 fully saturated rings. The van der Waals surface area contributed by atoms with Crippen LogP contribution in [0.3, 0.4) is 0 Å². The van der Waals surface area contributed by atoms with Crippen LogP contribution in [0.15, 0.2) is 23.8 Å². The zero-order chi connectivity index (χ0) is 12.6. The molecular formula is C12H17NO3. The minimum Gasteiger partial charge on any atom is -0.457 e. The molecule has 1 atom stereocenters. The summed E-state index contributed by atoms with van der Waals surface area (Å²) >= 11 is 0. The van der Waals surface area contributed by atoms with E-state index < -0.39 is 12.1 Å². The second-order valence-electron chi connectivity index (χ2n) is 3.38. The Kier molecular flexibility index (Phi) is 6.89. The molecule has 4 heteroatoms. The maximum atomic E-state index is 10.8. The predicted molar refractivity (Wildman–Crippen MR) is 60.4 cm³/mol. The summed E-state index contributed by atoms with van der Waals surface area (Å²) < 4.78 is 4.97. The van der Waals surface area contributed by atoms with E-state index >= 15 is 0 Å². The minimum absolute atomic E-state index is 0.0255. The Balaban J connectivity index is 4.39. The van der Waals surface area contributed by atoms with Crippen molar-refractivity contribution in [2.24, 2.45) is 0 Å². The third-order valence-corrected chi connectivity index (χ3v) is 2.18. The van der Waals surface area contributed by atoms with Crippen molar-refractivity contribution in [3.05, 3.63) is 23.8 Å². The summed E-state index contributed by atoms with van der Waals surface area (Å²) in [7, 11) is 0. The maximum Gasteiger partial charge on any atom is 0.303 e. The molecule has 0 spiro atoms. The highest BCUT2D eigenvalue weighted by molar-refractivity contribution is 5.66. The number of allylic oxidation sites excluding steroid dienone is 1. The molecule has 0 bridgehead atoms. The Morgan fingerprint density at radius 3 is 2.69 bits per heavy atom. The van der Waals surface area contributed by atoms with E-state index in [1.165, 1.54) is 6.92 Å². The number of hydrogen-bond acceptors (Lipinski definition) is 4. The SMILES string of the molecule is C=C(C#N)C(CC/C(=C/C)CO)OC(C)=O. The molecule has 1 unspecified atom stereocenters. The molecule has 0 aromatic heterocycles. The van der Waals surface area contributed by atoms with E-state index in [0.29, 0.717) is 12.8 Å². The monoisotopic (exact) mass is 223 g/mol. The number of esters is 1. The first-order chi connectivity index (χ1) is 7.54. The lowest BCUT2D eigenvalue weighted by atomic mass is 10.0. The topological polar surface area (TPSA) is 70.3 Å². The van der Waals surface area contributed by atoms with Gasteiger partial charge in [-0.3, -0.25) is 4.79 Å². The molecule has 0 aliphatic heterocycles. The highest BCUT2D eigenvalue weighted by Gasteiger charge is 2.16. The summed E-state index contributed by atoms with van der Waals surface area (Å²) in [6.45, 7) is 6.63. The molecule has 0 aliphatic carbocycles. The van der Waals surface area contributed by atoms with Crippen LogP contribution in [0.1, 0.15) is 26.7 Å². The van der Waals surface area contributed by atoms with Gasteiger partial charge >= 0.3 is 5.97 Å². The Bertz CT molecular complexity index is 326. The smallest absolute Gasteiger partial charge is 0.303 e. The Hall–Kier alpha value is -1.60. The third-order valence-electron chi connectivity index (χ3n) is 2.18. The lowest BCUT2D eigenvalue weighted by Crippen LogP contribution is -2.18. The van der Waals surface area contributed by atoms with Crippen molar-refractivity contribution in [2.45, 2.75) is 32.8 Å². The van der Waals surface area contributed by atoms with Crippen LogP contribution in [0.4, 0.5) is 0 Å². The molecule has 0 heterocycles. The van der Waals surface area contributed by atoms with Crippen LogP contribution in [0.5, 0.6) is 0 Å². The van der Waals surface area contributed by atoms with Crippen molar-refractivity contribution in [1.82, 2.24) is 0 Å². The first-order valence-corrected chi connectivity index (χ1v) is 5.06. The van der Waals surface area contributed by atoms with E-state index in [9.17, 15) is 4.79 Å². The van der Waals surface area contributed by atoms with Gasteiger partial charge in [0.15, 0.2) is 0 Å². The number of carbonyl (C=O) groups excluding carboxylic acids is 1. The highest BCUT2D eigenvalue weighted by atomic mass is 16.5. The number of aliphatic hydroxyl groups is 1. The Labute approximate surface area is 95.8 Å². The molecule has 1 N–H and O–H groups in total. The molecule has 0 saturated carbocycles.